The topological polar surface area (TPSA) is 49.7 Å². The van der Waals surface area contributed by atoms with Gasteiger partial charge in [0, 0.05) is 10.6 Å². The van der Waals surface area contributed by atoms with Gasteiger partial charge in [0.25, 0.3) is 0 Å². The maximum absolute atomic E-state index is 11.0. The van der Waals surface area contributed by atoms with Crippen LogP contribution in [0.25, 0.3) is 0 Å². The maximum Gasteiger partial charge on any atom is 0.207 e. The number of nitrogens with zero attached hydrogens (tertiary/aromatic N) is 1. The highest BCUT2D eigenvalue weighted by molar-refractivity contribution is 6.36. The number of carbonyl (C=O) groups is 1. The van der Waals surface area contributed by atoms with E-state index in [-0.39, 0.29) is 5.78 Å². The van der Waals surface area contributed by atoms with Gasteiger partial charge in [-0.1, -0.05) is 28.9 Å². The van der Waals surface area contributed by atoms with Crippen molar-refractivity contribution in [3.8, 4) is 0 Å². The van der Waals surface area contributed by atoms with Gasteiger partial charge in [-0.2, -0.15) is 0 Å². The summed E-state index contributed by atoms with van der Waals surface area (Å²) in [5, 5.41) is 11.2. The van der Waals surface area contributed by atoms with E-state index in [1.54, 1.807) is 18.2 Å². The molecule has 4 heteroatoms. The fraction of sp³-hybridized carbons (Fsp3) is 0. The molecule has 0 aliphatic rings. The molecule has 0 aliphatic carbocycles. The summed E-state index contributed by atoms with van der Waals surface area (Å²) in [5.41, 5.74) is 0.403. The molecule has 1 aromatic carbocycles. The summed E-state index contributed by atoms with van der Waals surface area (Å²) >= 11 is 5.63. The molecule has 3 nitrogen and oxygen atoms in total. The predicted octanol–water partition coefficient (Wildman–Crippen LogP) is 1.98. The highest BCUT2D eigenvalue weighted by Gasteiger charge is 2.01. The van der Waals surface area contributed by atoms with Gasteiger partial charge in [-0.25, -0.2) is 0 Å². The molecule has 0 spiro atoms. The summed E-state index contributed by atoms with van der Waals surface area (Å²) in [7, 11) is 0. The van der Waals surface area contributed by atoms with Crippen molar-refractivity contribution in [1.82, 2.24) is 0 Å². The van der Waals surface area contributed by atoms with Crippen molar-refractivity contribution in [3.05, 3.63) is 34.9 Å². The zero-order chi connectivity index (χ0) is 8.97. The third kappa shape index (κ3) is 2.07. The van der Waals surface area contributed by atoms with Crippen LogP contribution in [0.3, 0.4) is 0 Å². The lowest BCUT2D eigenvalue weighted by atomic mass is 10.1. The first-order chi connectivity index (χ1) is 5.74. The third-order valence-corrected chi connectivity index (χ3v) is 1.52. The first kappa shape index (κ1) is 8.74. The summed E-state index contributed by atoms with van der Waals surface area (Å²) in [6.45, 7) is 0. The predicted molar refractivity (Wildman–Crippen MR) is 46.1 cm³/mol. The normalized spacial score (nSPS) is 10.4. The standard InChI is InChI=1S/C8H6ClNO2/c9-7-3-1-2-6(4-7)8(11)5-10-12/h1-5,12H/b10-5+. The summed E-state index contributed by atoms with van der Waals surface area (Å²) in [4.78, 5) is 11.0. The quantitative estimate of drug-likeness (QED) is 0.330. The maximum atomic E-state index is 11.0. The lowest BCUT2D eigenvalue weighted by Gasteiger charge is -1.93. The van der Waals surface area contributed by atoms with E-state index in [4.69, 9.17) is 16.8 Å². The smallest absolute Gasteiger partial charge is 0.207 e. The Labute approximate surface area is 74.3 Å². The Morgan fingerprint density at radius 2 is 2.33 bits per heavy atom. The summed E-state index contributed by atoms with van der Waals surface area (Å²) in [6, 6.07) is 6.41. The fourth-order valence-corrected chi connectivity index (χ4v) is 0.959. The molecule has 0 unspecified atom stereocenters. The molecular weight excluding hydrogens is 178 g/mol. The molecule has 0 amide bonds. The second kappa shape index (κ2) is 3.88. The molecule has 0 bridgehead atoms. The number of Topliss-reactive ketones (excluding diaryl/α,β-unsaturated/α-hetero) is 1. The Morgan fingerprint density at radius 1 is 1.58 bits per heavy atom. The number of ketones is 1. The van der Waals surface area contributed by atoms with Gasteiger partial charge in [-0.15, -0.1) is 0 Å². The van der Waals surface area contributed by atoms with Crippen molar-refractivity contribution in [3.63, 3.8) is 0 Å². The number of oxime groups is 1. The van der Waals surface area contributed by atoms with Crippen LogP contribution in [0.4, 0.5) is 0 Å². The van der Waals surface area contributed by atoms with Gasteiger partial charge in [0.1, 0.15) is 6.21 Å². The number of rotatable bonds is 2. The van der Waals surface area contributed by atoms with E-state index in [0.717, 1.165) is 6.21 Å². The van der Waals surface area contributed by atoms with Crippen LogP contribution >= 0.6 is 11.6 Å². The molecule has 1 rings (SSSR count). The molecule has 0 aromatic heterocycles. The molecular formula is C8H6ClNO2. The monoisotopic (exact) mass is 183 g/mol. The molecule has 0 fully saturated rings. The van der Waals surface area contributed by atoms with E-state index in [1.165, 1.54) is 6.07 Å². The number of benzene rings is 1. The third-order valence-electron chi connectivity index (χ3n) is 1.28. The minimum atomic E-state index is -0.375. The van der Waals surface area contributed by atoms with Crippen LogP contribution in [0.15, 0.2) is 29.4 Å². The minimum Gasteiger partial charge on any atom is -0.411 e. The molecule has 0 aliphatic heterocycles. The molecule has 0 saturated heterocycles. The Balaban J connectivity index is 2.96. The Hall–Kier alpha value is -1.35. The van der Waals surface area contributed by atoms with Gasteiger partial charge in [0.2, 0.25) is 5.78 Å². The van der Waals surface area contributed by atoms with Crippen LogP contribution in [0, 0.1) is 0 Å². The highest BCUT2D eigenvalue weighted by Crippen LogP contribution is 2.10. The fourth-order valence-electron chi connectivity index (χ4n) is 0.769. The molecule has 1 N–H and O–H groups in total. The zero-order valence-electron chi connectivity index (χ0n) is 6.07. The van der Waals surface area contributed by atoms with E-state index in [1.807, 2.05) is 0 Å². The molecule has 1 aromatic rings. The van der Waals surface area contributed by atoms with Gasteiger partial charge in [0.15, 0.2) is 0 Å². The van der Waals surface area contributed by atoms with Crippen molar-refractivity contribution in [2.24, 2.45) is 5.16 Å². The minimum absolute atomic E-state index is 0.375. The van der Waals surface area contributed by atoms with E-state index >= 15 is 0 Å². The Bertz CT molecular complexity index is 323. The molecule has 0 radical (unpaired) electrons. The second-order valence-electron chi connectivity index (χ2n) is 2.12. The van der Waals surface area contributed by atoms with Crippen LogP contribution in [-0.2, 0) is 0 Å². The summed E-state index contributed by atoms with van der Waals surface area (Å²) < 4.78 is 0. The van der Waals surface area contributed by atoms with Crippen molar-refractivity contribution < 1.29 is 10.0 Å². The van der Waals surface area contributed by atoms with E-state index < -0.39 is 0 Å². The first-order valence-corrected chi connectivity index (χ1v) is 3.59. The number of hydrogen-bond acceptors (Lipinski definition) is 3. The molecule has 0 atom stereocenters. The SMILES string of the molecule is O=C(/C=N/O)c1cccc(Cl)c1. The number of carbonyl (C=O) groups excluding carboxylic acids is 1. The highest BCUT2D eigenvalue weighted by atomic mass is 35.5. The van der Waals surface area contributed by atoms with Crippen LogP contribution in [-0.4, -0.2) is 17.2 Å². The van der Waals surface area contributed by atoms with Crippen LogP contribution < -0.4 is 0 Å². The van der Waals surface area contributed by atoms with Gasteiger partial charge in [0.05, 0.1) is 0 Å². The van der Waals surface area contributed by atoms with Gasteiger partial charge >= 0.3 is 0 Å². The van der Waals surface area contributed by atoms with Gasteiger partial charge in [-0.05, 0) is 12.1 Å². The van der Waals surface area contributed by atoms with Crippen molar-refractivity contribution >= 4 is 23.6 Å². The summed E-state index contributed by atoms with van der Waals surface area (Å²) in [6.07, 6.45) is 0.825. The summed E-state index contributed by atoms with van der Waals surface area (Å²) in [5.74, 6) is -0.375. The van der Waals surface area contributed by atoms with Crippen molar-refractivity contribution in [2.75, 3.05) is 0 Å². The van der Waals surface area contributed by atoms with Gasteiger partial charge < -0.3 is 5.21 Å². The van der Waals surface area contributed by atoms with E-state index in [2.05, 4.69) is 5.16 Å². The molecule has 0 heterocycles. The largest absolute Gasteiger partial charge is 0.411 e. The lowest BCUT2D eigenvalue weighted by molar-refractivity contribution is 0.106. The number of hydrogen-bond donors (Lipinski definition) is 1. The number of halogens is 1. The lowest BCUT2D eigenvalue weighted by Crippen LogP contribution is -1.99. The van der Waals surface area contributed by atoms with Crippen LogP contribution in [0.1, 0.15) is 10.4 Å². The van der Waals surface area contributed by atoms with E-state index in [0.29, 0.717) is 10.6 Å². The van der Waals surface area contributed by atoms with Crippen molar-refractivity contribution in [2.45, 2.75) is 0 Å². The van der Waals surface area contributed by atoms with Crippen LogP contribution in [0.5, 0.6) is 0 Å². The average Bonchev–Trinajstić information content (AvgIpc) is 2.05. The van der Waals surface area contributed by atoms with Crippen LogP contribution in [0.2, 0.25) is 5.02 Å². The Morgan fingerprint density at radius 3 is 2.92 bits per heavy atom. The zero-order valence-corrected chi connectivity index (χ0v) is 6.82. The second-order valence-corrected chi connectivity index (χ2v) is 2.56. The van der Waals surface area contributed by atoms with E-state index in [9.17, 15) is 4.79 Å². The molecule has 62 valence electrons. The molecule has 0 saturated carbocycles. The van der Waals surface area contributed by atoms with Gasteiger partial charge in [-0.3, -0.25) is 4.79 Å². The Kier molecular flexibility index (Phi) is 2.82. The average molecular weight is 184 g/mol. The molecule has 12 heavy (non-hydrogen) atoms. The van der Waals surface area contributed by atoms with Crippen molar-refractivity contribution in [1.29, 1.82) is 0 Å². The first-order valence-electron chi connectivity index (χ1n) is 3.21.